The van der Waals surface area contributed by atoms with Crippen LogP contribution in [0, 0.1) is 5.92 Å². The Morgan fingerprint density at radius 2 is 1.82 bits per heavy atom. The molecule has 0 bridgehead atoms. The molecule has 0 aromatic heterocycles. The van der Waals surface area contributed by atoms with Crippen molar-refractivity contribution in [1.29, 1.82) is 0 Å². The first-order valence-corrected chi connectivity index (χ1v) is 8.54. The summed E-state index contributed by atoms with van der Waals surface area (Å²) >= 11 is 0. The van der Waals surface area contributed by atoms with Gasteiger partial charge < -0.3 is 20.1 Å². The van der Waals surface area contributed by atoms with Gasteiger partial charge in [0.1, 0.15) is 0 Å². The van der Waals surface area contributed by atoms with Crippen molar-refractivity contribution in [2.75, 3.05) is 46.1 Å². The van der Waals surface area contributed by atoms with Gasteiger partial charge >= 0.3 is 0 Å². The monoisotopic (exact) mass is 427 g/mol. The van der Waals surface area contributed by atoms with Gasteiger partial charge in [0.25, 0.3) is 0 Å². The van der Waals surface area contributed by atoms with Gasteiger partial charge in [-0.3, -0.25) is 4.99 Å². The van der Waals surface area contributed by atoms with E-state index in [1.807, 2.05) is 0 Å². The molecule has 0 amide bonds. The molecule has 0 spiro atoms. The number of hydrogen-bond donors (Lipinski definition) is 2. The van der Waals surface area contributed by atoms with Crippen molar-refractivity contribution in [2.24, 2.45) is 10.9 Å². The highest BCUT2D eigenvalue weighted by Gasteiger charge is 2.20. The fraction of sp³-hybridized carbons (Fsp3) is 0.938. The minimum Gasteiger partial charge on any atom is -0.381 e. The summed E-state index contributed by atoms with van der Waals surface area (Å²) in [4.78, 5) is 4.54. The molecule has 0 heterocycles. The third kappa shape index (κ3) is 13.6. The van der Waals surface area contributed by atoms with Crippen LogP contribution in [0.5, 0.6) is 0 Å². The lowest BCUT2D eigenvalue weighted by molar-refractivity contribution is 0.123. The predicted octanol–water partition coefficient (Wildman–Crippen LogP) is 2.79. The summed E-state index contributed by atoms with van der Waals surface area (Å²) in [6.45, 7) is 10.1. The second-order valence-electron chi connectivity index (χ2n) is 5.53. The van der Waals surface area contributed by atoms with Crippen LogP contribution in [-0.2, 0) is 9.47 Å². The molecule has 132 valence electrons. The van der Waals surface area contributed by atoms with Crippen LogP contribution in [0.4, 0.5) is 0 Å². The standard InChI is InChI=1S/C16H33N3O2.HI/c1-3-5-11-20-13-10-19-16(17-4-2)18-9-6-12-21-14-15-7-8-15;/h15H,3-14H2,1-2H3,(H2,17,18,19);1H. The van der Waals surface area contributed by atoms with Gasteiger partial charge in [-0.25, -0.2) is 0 Å². The minimum absolute atomic E-state index is 0. The van der Waals surface area contributed by atoms with Crippen molar-refractivity contribution >= 4 is 29.9 Å². The number of aliphatic imine (C=N–C) groups is 1. The molecule has 0 saturated heterocycles. The zero-order valence-electron chi connectivity index (χ0n) is 14.2. The fourth-order valence-electron chi connectivity index (χ4n) is 1.82. The molecule has 0 aromatic rings. The lowest BCUT2D eigenvalue weighted by atomic mass is 10.4. The van der Waals surface area contributed by atoms with Crippen molar-refractivity contribution in [3.05, 3.63) is 0 Å². The quantitative estimate of drug-likeness (QED) is 0.206. The first-order chi connectivity index (χ1) is 10.4. The summed E-state index contributed by atoms with van der Waals surface area (Å²) in [7, 11) is 0. The first-order valence-electron chi connectivity index (χ1n) is 8.54. The molecule has 6 heteroatoms. The van der Waals surface area contributed by atoms with Crippen LogP contribution < -0.4 is 10.6 Å². The number of nitrogens with zero attached hydrogens (tertiary/aromatic N) is 1. The Hall–Kier alpha value is -0.0800. The molecule has 2 N–H and O–H groups in total. The largest absolute Gasteiger partial charge is 0.381 e. The molecular weight excluding hydrogens is 393 g/mol. The van der Waals surface area contributed by atoms with Gasteiger partial charge in [-0.2, -0.15) is 0 Å². The van der Waals surface area contributed by atoms with E-state index >= 15 is 0 Å². The van der Waals surface area contributed by atoms with Gasteiger partial charge in [-0.05, 0) is 38.5 Å². The van der Waals surface area contributed by atoms with E-state index in [2.05, 4.69) is 29.5 Å². The molecule has 1 aliphatic rings. The topological polar surface area (TPSA) is 54.9 Å². The maximum absolute atomic E-state index is 5.61. The van der Waals surface area contributed by atoms with Gasteiger partial charge in [-0.15, -0.1) is 24.0 Å². The molecule has 0 atom stereocenters. The Morgan fingerprint density at radius 3 is 2.50 bits per heavy atom. The van der Waals surface area contributed by atoms with Gasteiger partial charge in [0.15, 0.2) is 5.96 Å². The van der Waals surface area contributed by atoms with Gasteiger partial charge in [0.2, 0.25) is 0 Å². The highest BCUT2D eigenvalue weighted by Crippen LogP contribution is 2.28. The zero-order valence-corrected chi connectivity index (χ0v) is 16.6. The SMILES string of the molecule is CCCCOCCNC(=NCCCOCC1CC1)NCC.I. The van der Waals surface area contributed by atoms with Crippen molar-refractivity contribution in [3.8, 4) is 0 Å². The number of guanidine groups is 1. The van der Waals surface area contributed by atoms with E-state index in [1.165, 1.54) is 19.3 Å². The van der Waals surface area contributed by atoms with E-state index in [4.69, 9.17) is 9.47 Å². The van der Waals surface area contributed by atoms with Crippen molar-refractivity contribution in [1.82, 2.24) is 10.6 Å². The normalized spacial score (nSPS) is 14.5. The third-order valence-electron chi connectivity index (χ3n) is 3.29. The van der Waals surface area contributed by atoms with E-state index in [0.717, 1.165) is 70.8 Å². The number of halogens is 1. The number of rotatable bonds is 13. The summed E-state index contributed by atoms with van der Waals surface area (Å²) in [5.74, 6) is 1.72. The van der Waals surface area contributed by atoms with Crippen LogP contribution >= 0.6 is 24.0 Å². The molecule has 1 aliphatic carbocycles. The number of unbranched alkanes of at least 4 members (excludes halogenated alkanes) is 1. The molecular formula is C16H34IN3O2. The van der Waals surface area contributed by atoms with Crippen molar-refractivity contribution in [3.63, 3.8) is 0 Å². The lowest BCUT2D eigenvalue weighted by Crippen LogP contribution is -2.39. The second kappa shape index (κ2) is 15.8. The Kier molecular flexibility index (Phi) is 15.7. The third-order valence-corrected chi connectivity index (χ3v) is 3.29. The van der Waals surface area contributed by atoms with Crippen LogP contribution in [-0.4, -0.2) is 52.0 Å². The maximum atomic E-state index is 5.61. The molecule has 1 rings (SSSR count). The maximum Gasteiger partial charge on any atom is 0.191 e. The molecule has 1 fully saturated rings. The molecule has 0 aromatic carbocycles. The van der Waals surface area contributed by atoms with Gasteiger partial charge in [0, 0.05) is 39.5 Å². The van der Waals surface area contributed by atoms with Crippen LogP contribution in [0.1, 0.15) is 46.0 Å². The molecule has 22 heavy (non-hydrogen) atoms. The number of ether oxygens (including phenoxy) is 2. The fourth-order valence-corrected chi connectivity index (χ4v) is 1.82. The van der Waals surface area contributed by atoms with Crippen LogP contribution in [0.3, 0.4) is 0 Å². The molecule has 1 saturated carbocycles. The Morgan fingerprint density at radius 1 is 1.05 bits per heavy atom. The van der Waals surface area contributed by atoms with Crippen LogP contribution in [0.2, 0.25) is 0 Å². The van der Waals surface area contributed by atoms with Gasteiger partial charge in [-0.1, -0.05) is 13.3 Å². The summed E-state index contributed by atoms with van der Waals surface area (Å²) in [6.07, 6.45) is 6.01. The van der Waals surface area contributed by atoms with E-state index in [1.54, 1.807) is 0 Å². The summed E-state index contributed by atoms with van der Waals surface area (Å²) in [5.41, 5.74) is 0. The molecule has 0 unspecified atom stereocenters. The number of nitrogens with one attached hydrogen (secondary N) is 2. The Bertz CT molecular complexity index is 274. The minimum atomic E-state index is 0. The average molecular weight is 427 g/mol. The zero-order chi connectivity index (χ0) is 15.2. The first kappa shape index (κ1) is 21.9. The highest BCUT2D eigenvalue weighted by atomic mass is 127. The van der Waals surface area contributed by atoms with Crippen LogP contribution in [0.15, 0.2) is 4.99 Å². The predicted molar refractivity (Wildman–Crippen MR) is 103 cm³/mol. The van der Waals surface area contributed by atoms with Crippen molar-refractivity contribution < 1.29 is 9.47 Å². The Balaban J connectivity index is 0.00000441. The lowest BCUT2D eigenvalue weighted by Gasteiger charge is -2.11. The van der Waals surface area contributed by atoms with E-state index in [-0.39, 0.29) is 24.0 Å². The summed E-state index contributed by atoms with van der Waals surface area (Å²) in [5, 5.41) is 6.54. The molecule has 0 aliphatic heterocycles. The van der Waals surface area contributed by atoms with E-state index in [0.29, 0.717) is 0 Å². The molecule has 5 nitrogen and oxygen atoms in total. The highest BCUT2D eigenvalue weighted by molar-refractivity contribution is 14.0. The Labute approximate surface area is 153 Å². The second-order valence-corrected chi connectivity index (χ2v) is 5.53. The van der Waals surface area contributed by atoms with Crippen LogP contribution in [0.25, 0.3) is 0 Å². The molecule has 0 radical (unpaired) electrons. The number of hydrogen-bond acceptors (Lipinski definition) is 3. The summed E-state index contributed by atoms with van der Waals surface area (Å²) < 4.78 is 11.1. The van der Waals surface area contributed by atoms with Gasteiger partial charge in [0.05, 0.1) is 6.61 Å². The van der Waals surface area contributed by atoms with E-state index in [9.17, 15) is 0 Å². The van der Waals surface area contributed by atoms with Crippen molar-refractivity contribution in [2.45, 2.75) is 46.0 Å². The van der Waals surface area contributed by atoms with E-state index < -0.39 is 0 Å². The average Bonchev–Trinajstić information content (AvgIpc) is 3.30. The summed E-state index contributed by atoms with van der Waals surface area (Å²) in [6, 6.07) is 0. The smallest absolute Gasteiger partial charge is 0.191 e.